The monoisotopic (exact) mass is 261 g/mol. The highest BCUT2D eigenvalue weighted by Gasteiger charge is 2.35. The van der Waals surface area contributed by atoms with Crippen molar-refractivity contribution in [2.24, 2.45) is 0 Å². The molecule has 1 aromatic carbocycles. The molecule has 3 nitrogen and oxygen atoms in total. The van der Waals surface area contributed by atoms with E-state index in [0.29, 0.717) is 6.07 Å². The summed E-state index contributed by atoms with van der Waals surface area (Å²) in [5, 5.41) is 7.46. The van der Waals surface area contributed by atoms with Crippen molar-refractivity contribution in [3.63, 3.8) is 0 Å². The SMILES string of the molecule is N#Cc1c(C=O)cc(C(=O)Cl)cc1C(F)(F)F. The summed E-state index contributed by atoms with van der Waals surface area (Å²) in [6, 6.07) is 2.57. The molecule has 88 valence electrons. The summed E-state index contributed by atoms with van der Waals surface area (Å²) >= 11 is 5.04. The first-order chi connectivity index (χ1) is 7.81. The molecule has 0 saturated carbocycles. The van der Waals surface area contributed by atoms with E-state index >= 15 is 0 Å². The van der Waals surface area contributed by atoms with Crippen molar-refractivity contribution in [1.29, 1.82) is 5.26 Å². The van der Waals surface area contributed by atoms with E-state index in [9.17, 15) is 22.8 Å². The minimum Gasteiger partial charge on any atom is -0.298 e. The van der Waals surface area contributed by atoms with Gasteiger partial charge in [0.05, 0.1) is 11.1 Å². The minimum absolute atomic E-state index is 0.0666. The van der Waals surface area contributed by atoms with Gasteiger partial charge >= 0.3 is 6.18 Å². The number of carbonyl (C=O) groups is 2. The van der Waals surface area contributed by atoms with Gasteiger partial charge in [0.25, 0.3) is 5.24 Å². The smallest absolute Gasteiger partial charge is 0.298 e. The second kappa shape index (κ2) is 4.55. The second-order valence-corrected chi connectivity index (χ2v) is 3.33. The Hall–Kier alpha value is -1.87. The average molecular weight is 262 g/mol. The summed E-state index contributed by atoms with van der Waals surface area (Å²) in [4.78, 5) is 21.4. The number of benzene rings is 1. The number of nitrogens with zero attached hydrogens (tertiary/aromatic N) is 1. The first kappa shape index (κ1) is 13.2. The summed E-state index contributed by atoms with van der Waals surface area (Å²) in [5.74, 6) is 0. The molecule has 1 aromatic rings. The van der Waals surface area contributed by atoms with Crippen molar-refractivity contribution in [3.05, 3.63) is 34.4 Å². The highest BCUT2D eigenvalue weighted by atomic mass is 35.5. The number of hydrogen-bond donors (Lipinski definition) is 0. The van der Waals surface area contributed by atoms with Gasteiger partial charge in [-0.25, -0.2) is 0 Å². The third-order valence-electron chi connectivity index (χ3n) is 1.94. The van der Waals surface area contributed by atoms with Crippen LogP contribution in [-0.2, 0) is 6.18 Å². The van der Waals surface area contributed by atoms with Gasteiger partial charge in [0.15, 0.2) is 6.29 Å². The minimum atomic E-state index is -4.84. The van der Waals surface area contributed by atoms with E-state index in [4.69, 9.17) is 16.9 Å². The van der Waals surface area contributed by atoms with Gasteiger partial charge in [0, 0.05) is 11.1 Å². The van der Waals surface area contributed by atoms with Crippen LogP contribution in [0.25, 0.3) is 0 Å². The van der Waals surface area contributed by atoms with Gasteiger partial charge in [-0.2, -0.15) is 18.4 Å². The van der Waals surface area contributed by atoms with Gasteiger partial charge in [-0.3, -0.25) is 9.59 Å². The van der Waals surface area contributed by atoms with Crippen molar-refractivity contribution in [1.82, 2.24) is 0 Å². The van der Waals surface area contributed by atoms with Crippen LogP contribution in [0.2, 0.25) is 0 Å². The third kappa shape index (κ3) is 2.63. The van der Waals surface area contributed by atoms with E-state index in [1.54, 1.807) is 0 Å². The molecule has 0 spiro atoms. The lowest BCUT2D eigenvalue weighted by Gasteiger charge is -2.11. The predicted octanol–water partition coefficient (Wildman–Crippen LogP) is 2.77. The maximum Gasteiger partial charge on any atom is 0.417 e. The number of nitriles is 1. The van der Waals surface area contributed by atoms with Crippen molar-refractivity contribution in [2.45, 2.75) is 6.18 Å². The zero-order chi connectivity index (χ0) is 13.2. The molecule has 0 aromatic heterocycles. The molecule has 1 rings (SSSR count). The molecule has 0 aliphatic carbocycles. The maximum atomic E-state index is 12.6. The first-order valence-corrected chi connectivity index (χ1v) is 4.49. The predicted molar refractivity (Wildman–Crippen MR) is 51.7 cm³/mol. The van der Waals surface area contributed by atoms with Crippen LogP contribution >= 0.6 is 11.6 Å². The van der Waals surface area contributed by atoms with Crippen LogP contribution in [0.15, 0.2) is 12.1 Å². The number of carbonyl (C=O) groups excluding carboxylic acids is 2. The Kier molecular flexibility index (Phi) is 3.53. The molecule has 0 N–H and O–H groups in total. The molecule has 7 heteroatoms. The van der Waals surface area contributed by atoms with E-state index in [2.05, 4.69) is 0 Å². The average Bonchev–Trinajstić information content (AvgIpc) is 2.25. The van der Waals surface area contributed by atoms with Crippen LogP contribution in [-0.4, -0.2) is 11.5 Å². The fraction of sp³-hybridized carbons (Fsp3) is 0.100. The van der Waals surface area contributed by atoms with Gasteiger partial charge in [-0.05, 0) is 23.7 Å². The Bertz CT molecular complexity index is 532. The Morgan fingerprint density at radius 2 is 2.00 bits per heavy atom. The lowest BCUT2D eigenvalue weighted by atomic mass is 9.99. The summed E-state index contributed by atoms with van der Waals surface area (Å²) in [6.07, 6.45) is -4.78. The number of halogens is 4. The molecule has 0 fully saturated rings. The Balaban J connectivity index is 3.67. The maximum absolute atomic E-state index is 12.6. The van der Waals surface area contributed by atoms with E-state index in [1.807, 2.05) is 0 Å². The number of alkyl halides is 3. The molecular weight excluding hydrogens is 259 g/mol. The largest absolute Gasteiger partial charge is 0.417 e. The van der Waals surface area contributed by atoms with Crippen LogP contribution in [0.1, 0.15) is 31.8 Å². The van der Waals surface area contributed by atoms with Crippen molar-refractivity contribution >= 4 is 23.1 Å². The molecule has 0 aliphatic heterocycles. The van der Waals surface area contributed by atoms with E-state index in [-0.39, 0.29) is 6.29 Å². The van der Waals surface area contributed by atoms with Crippen LogP contribution < -0.4 is 0 Å². The molecule has 0 bridgehead atoms. The third-order valence-corrected chi connectivity index (χ3v) is 2.16. The van der Waals surface area contributed by atoms with Crippen molar-refractivity contribution < 1.29 is 22.8 Å². The zero-order valence-corrected chi connectivity index (χ0v) is 8.76. The van der Waals surface area contributed by atoms with Crippen LogP contribution in [0.3, 0.4) is 0 Å². The highest BCUT2D eigenvalue weighted by molar-refractivity contribution is 6.67. The summed E-state index contributed by atoms with van der Waals surface area (Å²) < 4.78 is 37.7. The molecule has 0 amide bonds. The van der Waals surface area contributed by atoms with Crippen LogP contribution in [0, 0.1) is 11.3 Å². The molecule has 17 heavy (non-hydrogen) atoms. The Morgan fingerprint density at radius 3 is 2.35 bits per heavy atom. The summed E-state index contributed by atoms with van der Waals surface area (Å²) in [7, 11) is 0. The summed E-state index contributed by atoms with van der Waals surface area (Å²) in [6.45, 7) is 0. The Morgan fingerprint density at radius 1 is 1.41 bits per heavy atom. The fourth-order valence-electron chi connectivity index (χ4n) is 1.22. The molecule has 0 radical (unpaired) electrons. The zero-order valence-electron chi connectivity index (χ0n) is 8.01. The second-order valence-electron chi connectivity index (χ2n) is 2.99. The van der Waals surface area contributed by atoms with Gasteiger partial charge in [0.1, 0.15) is 6.07 Å². The van der Waals surface area contributed by atoms with Gasteiger partial charge in [-0.1, -0.05) is 0 Å². The topological polar surface area (TPSA) is 57.9 Å². The number of hydrogen-bond acceptors (Lipinski definition) is 3. The molecule has 0 atom stereocenters. The normalized spacial score (nSPS) is 10.8. The van der Waals surface area contributed by atoms with Crippen molar-refractivity contribution in [2.75, 3.05) is 0 Å². The lowest BCUT2D eigenvalue weighted by Crippen LogP contribution is -2.11. The molecule has 0 heterocycles. The van der Waals surface area contributed by atoms with E-state index < -0.39 is 33.7 Å². The van der Waals surface area contributed by atoms with E-state index in [0.717, 1.165) is 6.07 Å². The number of aldehydes is 1. The lowest BCUT2D eigenvalue weighted by molar-refractivity contribution is -0.137. The van der Waals surface area contributed by atoms with Crippen LogP contribution in [0.4, 0.5) is 13.2 Å². The van der Waals surface area contributed by atoms with Gasteiger partial charge < -0.3 is 0 Å². The van der Waals surface area contributed by atoms with Gasteiger partial charge in [0.2, 0.25) is 0 Å². The summed E-state index contributed by atoms with van der Waals surface area (Å²) in [5.41, 5.74) is -3.19. The number of rotatable bonds is 2. The van der Waals surface area contributed by atoms with Crippen LogP contribution in [0.5, 0.6) is 0 Å². The first-order valence-electron chi connectivity index (χ1n) is 4.11. The van der Waals surface area contributed by atoms with Gasteiger partial charge in [-0.15, -0.1) is 0 Å². The highest BCUT2D eigenvalue weighted by Crippen LogP contribution is 2.34. The quantitative estimate of drug-likeness (QED) is 0.607. The fourth-order valence-corrected chi connectivity index (χ4v) is 1.33. The molecular formula is C10H3ClF3NO2. The molecule has 0 aliphatic rings. The molecule has 0 unspecified atom stereocenters. The van der Waals surface area contributed by atoms with Crippen molar-refractivity contribution in [3.8, 4) is 6.07 Å². The van der Waals surface area contributed by atoms with E-state index in [1.165, 1.54) is 6.07 Å². The Labute approximate surface area is 98.4 Å². The standard InChI is InChI=1S/C10H3ClF3NO2/c11-9(17)5-1-6(4-16)7(3-15)8(2-5)10(12,13)14/h1-2,4H. The molecule has 0 saturated heterocycles.